The number of likely N-dealkylation sites (tertiary alicyclic amines) is 1. The summed E-state index contributed by atoms with van der Waals surface area (Å²) in [6.45, 7) is 7.83. The number of carbonyl (C=O) groups excluding carboxylic acids is 2. The summed E-state index contributed by atoms with van der Waals surface area (Å²) in [6.07, 6.45) is 2.07. The Hall–Kier alpha value is -1.75. The Labute approximate surface area is 154 Å². The molecule has 136 valence electrons. The highest BCUT2D eigenvalue weighted by molar-refractivity contribution is 6.30. The molecular formula is C19H26ClN3O2. The molecule has 5 nitrogen and oxygen atoms in total. The van der Waals surface area contributed by atoms with Gasteiger partial charge in [-0.15, -0.1) is 0 Å². The van der Waals surface area contributed by atoms with Crippen LogP contribution in [0.4, 0.5) is 5.69 Å². The minimum absolute atomic E-state index is 0.0349. The Morgan fingerprint density at radius 1 is 0.920 bits per heavy atom. The van der Waals surface area contributed by atoms with Crippen LogP contribution in [0.3, 0.4) is 0 Å². The number of benzene rings is 1. The molecule has 0 bridgehead atoms. The number of nitrogens with zero attached hydrogens (tertiary/aromatic N) is 3. The van der Waals surface area contributed by atoms with Gasteiger partial charge in [-0.3, -0.25) is 9.59 Å². The minimum Gasteiger partial charge on any atom is -0.368 e. The maximum absolute atomic E-state index is 13.0. The Balaban J connectivity index is 1.61. The first-order chi connectivity index (χ1) is 11.9. The zero-order valence-corrected chi connectivity index (χ0v) is 15.8. The number of hydrogen-bond acceptors (Lipinski definition) is 3. The monoisotopic (exact) mass is 363 g/mol. The van der Waals surface area contributed by atoms with Gasteiger partial charge in [-0.25, -0.2) is 0 Å². The van der Waals surface area contributed by atoms with Crippen LogP contribution in [0.5, 0.6) is 0 Å². The van der Waals surface area contributed by atoms with Crippen molar-refractivity contribution < 1.29 is 9.59 Å². The van der Waals surface area contributed by atoms with Crippen LogP contribution in [0, 0.1) is 5.41 Å². The molecular weight excluding hydrogens is 338 g/mol. The number of rotatable bonds is 3. The van der Waals surface area contributed by atoms with Gasteiger partial charge in [-0.1, -0.05) is 17.7 Å². The highest BCUT2D eigenvalue weighted by Crippen LogP contribution is 2.27. The van der Waals surface area contributed by atoms with Crippen LogP contribution in [0.15, 0.2) is 24.3 Å². The fraction of sp³-hybridized carbons (Fsp3) is 0.579. The van der Waals surface area contributed by atoms with E-state index < -0.39 is 5.41 Å². The summed E-state index contributed by atoms with van der Waals surface area (Å²) < 4.78 is 0. The second-order valence-electron chi connectivity index (χ2n) is 7.38. The predicted molar refractivity (Wildman–Crippen MR) is 99.8 cm³/mol. The van der Waals surface area contributed by atoms with E-state index in [4.69, 9.17) is 11.6 Å². The highest BCUT2D eigenvalue weighted by Gasteiger charge is 2.42. The molecule has 0 unspecified atom stereocenters. The normalized spacial score (nSPS) is 18.6. The quantitative estimate of drug-likeness (QED) is 0.775. The molecule has 25 heavy (non-hydrogen) atoms. The molecule has 1 aromatic carbocycles. The Kier molecular flexibility index (Phi) is 5.23. The summed E-state index contributed by atoms with van der Waals surface area (Å²) in [7, 11) is 0. The predicted octanol–water partition coefficient (Wildman–Crippen LogP) is 2.64. The van der Waals surface area contributed by atoms with Crippen molar-refractivity contribution in [3.63, 3.8) is 0 Å². The van der Waals surface area contributed by atoms with Crippen LogP contribution in [-0.2, 0) is 9.59 Å². The molecule has 2 aliphatic rings. The lowest BCUT2D eigenvalue weighted by Gasteiger charge is -2.39. The van der Waals surface area contributed by atoms with Crippen molar-refractivity contribution in [3.8, 4) is 0 Å². The summed E-state index contributed by atoms with van der Waals surface area (Å²) in [5.41, 5.74) is 0.0924. The second-order valence-corrected chi connectivity index (χ2v) is 7.82. The van der Waals surface area contributed by atoms with Crippen molar-refractivity contribution in [1.82, 2.24) is 9.80 Å². The summed E-state index contributed by atoms with van der Waals surface area (Å²) in [6, 6.07) is 7.77. The first-order valence-corrected chi connectivity index (χ1v) is 9.36. The molecule has 3 rings (SSSR count). The van der Waals surface area contributed by atoms with Gasteiger partial charge in [0.2, 0.25) is 11.8 Å². The SMILES string of the molecule is CC(C)(C(=O)N1CCCC1)C(=O)N1CCN(c2cccc(Cl)c2)CC1. The van der Waals surface area contributed by atoms with Crippen LogP contribution in [-0.4, -0.2) is 60.9 Å². The summed E-state index contributed by atoms with van der Waals surface area (Å²) >= 11 is 6.07. The fourth-order valence-corrected chi connectivity index (χ4v) is 3.83. The van der Waals surface area contributed by atoms with Crippen molar-refractivity contribution in [3.05, 3.63) is 29.3 Å². The van der Waals surface area contributed by atoms with E-state index in [9.17, 15) is 9.59 Å². The maximum Gasteiger partial charge on any atom is 0.237 e. The summed E-state index contributed by atoms with van der Waals surface area (Å²) in [4.78, 5) is 31.6. The van der Waals surface area contributed by atoms with Gasteiger partial charge in [0.1, 0.15) is 5.41 Å². The molecule has 0 N–H and O–H groups in total. The van der Waals surface area contributed by atoms with E-state index in [-0.39, 0.29) is 11.8 Å². The average molecular weight is 364 g/mol. The highest BCUT2D eigenvalue weighted by atomic mass is 35.5. The van der Waals surface area contributed by atoms with E-state index >= 15 is 0 Å². The second kappa shape index (κ2) is 7.24. The van der Waals surface area contributed by atoms with Gasteiger partial charge in [0.25, 0.3) is 0 Å². The topological polar surface area (TPSA) is 43.9 Å². The van der Waals surface area contributed by atoms with Crippen molar-refractivity contribution in [2.24, 2.45) is 5.41 Å². The van der Waals surface area contributed by atoms with E-state index in [1.165, 1.54) is 0 Å². The molecule has 0 atom stereocenters. The molecule has 0 spiro atoms. The Bertz CT molecular complexity index is 648. The summed E-state index contributed by atoms with van der Waals surface area (Å²) in [5, 5.41) is 0.716. The number of hydrogen-bond donors (Lipinski definition) is 0. The van der Waals surface area contributed by atoms with Crippen molar-refractivity contribution in [1.29, 1.82) is 0 Å². The molecule has 0 radical (unpaired) electrons. The molecule has 2 saturated heterocycles. The molecule has 0 saturated carbocycles. The first-order valence-electron chi connectivity index (χ1n) is 8.99. The van der Waals surface area contributed by atoms with E-state index in [2.05, 4.69) is 4.90 Å². The number of carbonyl (C=O) groups is 2. The van der Waals surface area contributed by atoms with Crippen LogP contribution in [0.25, 0.3) is 0 Å². The van der Waals surface area contributed by atoms with Gasteiger partial charge in [0.05, 0.1) is 0 Å². The van der Waals surface area contributed by atoms with E-state index in [1.807, 2.05) is 34.1 Å². The molecule has 2 fully saturated rings. The minimum atomic E-state index is -0.984. The lowest BCUT2D eigenvalue weighted by molar-refractivity contribution is -0.153. The molecule has 1 aromatic rings. The molecule has 2 heterocycles. The third kappa shape index (κ3) is 3.76. The van der Waals surface area contributed by atoms with Gasteiger partial charge < -0.3 is 14.7 Å². The van der Waals surface area contributed by atoms with Crippen LogP contribution >= 0.6 is 11.6 Å². The van der Waals surface area contributed by atoms with Gasteiger partial charge in [0.15, 0.2) is 0 Å². The number of piperazine rings is 1. The molecule has 2 aliphatic heterocycles. The third-order valence-corrected chi connectivity index (χ3v) is 5.44. The van der Waals surface area contributed by atoms with Crippen molar-refractivity contribution >= 4 is 29.1 Å². The maximum atomic E-state index is 13.0. The Morgan fingerprint density at radius 3 is 2.04 bits per heavy atom. The molecule has 0 aromatic heterocycles. The number of anilines is 1. The Morgan fingerprint density at radius 2 is 1.48 bits per heavy atom. The average Bonchev–Trinajstić information content (AvgIpc) is 3.15. The van der Waals surface area contributed by atoms with Crippen LogP contribution in [0.1, 0.15) is 26.7 Å². The van der Waals surface area contributed by atoms with Crippen molar-refractivity contribution in [2.75, 3.05) is 44.2 Å². The van der Waals surface area contributed by atoms with E-state index in [0.29, 0.717) is 18.1 Å². The van der Waals surface area contributed by atoms with Gasteiger partial charge in [-0.2, -0.15) is 0 Å². The zero-order chi connectivity index (χ0) is 18.0. The fourth-order valence-electron chi connectivity index (χ4n) is 3.64. The van der Waals surface area contributed by atoms with Crippen LogP contribution in [0.2, 0.25) is 5.02 Å². The third-order valence-electron chi connectivity index (χ3n) is 5.20. The van der Waals surface area contributed by atoms with Crippen molar-refractivity contribution in [2.45, 2.75) is 26.7 Å². The van der Waals surface area contributed by atoms with Gasteiger partial charge >= 0.3 is 0 Å². The standard InChI is InChI=1S/C19H26ClN3O2/c1-19(2,17(24)22-8-3-4-9-22)18(25)23-12-10-21(11-13-23)16-7-5-6-15(20)14-16/h5-7,14H,3-4,8-13H2,1-2H3. The van der Waals surface area contributed by atoms with Gasteiger partial charge in [0, 0.05) is 50.0 Å². The smallest absolute Gasteiger partial charge is 0.237 e. The van der Waals surface area contributed by atoms with Gasteiger partial charge in [-0.05, 0) is 44.9 Å². The molecule has 0 aliphatic carbocycles. The lowest BCUT2D eigenvalue weighted by atomic mass is 9.89. The van der Waals surface area contributed by atoms with Crippen LogP contribution < -0.4 is 4.90 Å². The van der Waals surface area contributed by atoms with E-state index in [1.54, 1.807) is 13.8 Å². The zero-order valence-electron chi connectivity index (χ0n) is 15.0. The van der Waals surface area contributed by atoms with E-state index in [0.717, 1.165) is 44.7 Å². The largest absolute Gasteiger partial charge is 0.368 e. The number of amides is 2. The summed E-state index contributed by atoms with van der Waals surface area (Å²) in [5.74, 6) is -0.0950. The molecule has 2 amide bonds. The number of halogens is 1. The molecule has 6 heteroatoms. The first kappa shape index (κ1) is 18.1. The lowest BCUT2D eigenvalue weighted by Crippen LogP contribution is -2.55.